The quantitative estimate of drug-likeness (QED) is 0.878. The van der Waals surface area contributed by atoms with Crippen molar-refractivity contribution in [3.05, 3.63) is 46.5 Å². The lowest BCUT2D eigenvalue weighted by molar-refractivity contribution is 0.0669. The molecule has 1 atom stereocenters. The number of nitrogens with one attached hydrogen (secondary N) is 1. The minimum Gasteiger partial charge on any atom is -0.356 e. The van der Waals surface area contributed by atoms with Gasteiger partial charge in [-0.05, 0) is 47.0 Å². The van der Waals surface area contributed by atoms with Gasteiger partial charge in [0, 0.05) is 36.2 Å². The summed E-state index contributed by atoms with van der Waals surface area (Å²) in [4.78, 5) is 17.9. The largest absolute Gasteiger partial charge is 0.356 e. The van der Waals surface area contributed by atoms with Crippen LogP contribution in [0, 0.1) is 0 Å². The number of aromatic amines is 1. The Morgan fingerprint density at radius 1 is 1.38 bits per heavy atom. The van der Waals surface area contributed by atoms with Gasteiger partial charge in [-0.3, -0.25) is 4.79 Å². The highest BCUT2D eigenvalue weighted by Gasteiger charge is 2.29. The highest BCUT2D eigenvalue weighted by Crippen LogP contribution is 2.31. The van der Waals surface area contributed by atoms with E-state index >= 15 is 0 Å². The topological polar surface area (TPSA) is 41.0 Å². The normalized spacial score (nSPS) is 19.5. The number of nitrogens with zero attached hydrogens (tertiary/aromatic N) is 2. The van der Waals surface area contributed by atoms with Gasteiger partial charge in [-0.25, -0.2) is 0 Å². The first-order valence-corrected chi connectivity index (χ1v) is 8.22. The van der Waals surface area contributed by atoms with Crippen LogP contribution in [0.25, 0.3) is 0 Å². The fourth-order valence-electron chi connectivity index (χ4n) is 3.13. The van der Waals surface area contributed by atoms with E-state index in [9.17, 15) is 4.79 Å². The number of halogens is 1. The van der Waals surface area contributed by atoms with Crippen LogP contribution in [0.15, 0.2) is 35.1 Å². The second-order valence-electron chi connectivity index (χ2n) is 5.64. The second kappa shape index (κ2) is 6.10. The number of carbonyl (C=O) groups is 1. The average molecular weight is 350 g/mol. The van der Waals surface area contributed by atoms with Crippen LogP contribution in [0.4, 0.5) is 0 Å². The molecule has 1 fully saturated rings. The molecule has 2 aromatic heterocycles. The summed E-state index contributed by atoms with van der Waals surface area (Å²) in [5, 5.41) is 0. The average Bonchev–Trinajstić information content (AvgIpc) is 3.00. The Bertz CT molecular complexity index is 631. The Hall–Kier alpha value is -1.49. The zero-order valence-corrected chi connectivity index (χ0v) is 13.8. The van der Waals surface area contributed by atoms with Crippen LogP contribution in [-0.4, -0.2) is 26.9 Å². The molecule has 3 heterocycles. The van der Waals surface area contributed by atoms with Crippen molar-refractivity contribution in [3.63, 3.8) is 0 Å². The van der Waals surface area contributed by atoms with E-state index in [0.29, 0.717) is 5.69 Å². The van der Waals surface area contributed by atoms with Gasteiger partial charge in [-0.15, -0.1) is 0 Å². The first-order valence-electron chi connectivity index (χ1n) is 7.43. The van der Waals surface area contributed by atoms with E-state index < -0.39 is 0 Å². The van der Waals surface area contributed by atoms with Crippen LogP contribution in [-0.2, 0) is 7.05 Å². The number of carbonyl (C=O) groups excluding carboxylic acids is 1. The Morgan fingerprint density at radius 3 is 2.90 bits per heavy atom. The molecule has 0 radical (unpaired) electrons. The fraction of sp³-hybridized carbons (Fsp3) is 0.438. The van der Waals surface area contributed by atoms with Gasteiger partial charge in [-0.1, -0.05) is 12.8 Å². The zero-order valence-electron chi connectivity index (χ0n) is 12.2. The molecule has 3 rings (SSSR count). The summed E-state index contributed by atoms with van der Waals surface area (Å²) >= 11 is 3.40. The van der Waals surface area contributed by atoms with Gasteiger partial charge in [0.2, 0.25) is 0 Å². The maximum absolute atomic E-state index is 12.8. The summed E-state index contributed by atoms with van der Waals surface area (Å²) in [7, 11) is 2.05. The van der Waals surface area contributed by atoms with Crippen LogP contribution in [0.1, 0.15) is 47.9 Å². The zero-order chi connectivity index (χ0) is 14.8. The lowest BCUT2D eigenvalue weighted by atomic mass is 10.1. The fourth-order valence-corrected chi connectivity index (χ4v) is 3.47. The molecular formula is C16H20BrN3O. The number of H-pyrrole nitrogens is 1. The van der Waals surface area contributed by atoms with Gasteiger partial charge >= 0.3 is 0 Å². The smallest absolute Gasteiger partial charge is 0.270 e. The third-order valence-electron chi connectivity index (χ3n) is 4.22. The van der Waals surface area contributed by atoms with Gasteiger partial charge in [0.05, 0.1) is 6.04 Å². The van der Waals surface area contributed by atoms with Crippen LogP contribution in [0.3, 0.4) is 0 Å². The molecule has 1 unspecified atom stereocenters. The predicted octanol–water partition coefficient (Wildman–Crippen LogP) is 3.87. The Balaban J connectivity index is 1.92. The summed E-state index contributed by atoms with van der Waals surface area (Å²) in [6.07, 6.45) is 8.34. The molecule has 2 aromatic rings. The number of hydrogen-bond donors (Lipinski definition) is 1. The van der Waals surface area contributed by atoms with Gasteiger partial charge in [0.25, 0.3) is 5.91 Å². The molecule has 1 aliphatic rings. The molecule has 112 valence electrons. The van der Waals surface area contributed by atoms with E-state index in [1.165, 1.54) is 18.5 Å². The van der Waals surface area contributed by atoms with Crippen molar-refractivity contribution < 1.29 is 4.79 Å². The number of rotatable bonds is 2. The Kier molecular flexibility index (Phi) is 4.19. The van der Waals surface area contributed by atoms with Crippen LogP contribution in [0.5, 0.6) is 0 Å². The van der Waals surface area contributed by atoms with Crippen LogP contribution in [0.2, 0.25) is 0 Å². The molecule has 0 aliphatic carbocycles. The molecule has 21 heavy (non-hydrogen) atoms. The molecule has 1 saturated heterocycles. The highest BCUT2D eigenvalue weighted by atomic mass is 79.9. The Morgan fingerprint density at radius 2 is 2.24 bits per heavy atom. The van der Waals surface area contributed by atoms with Crippen molar-refractivity contribution in [3.8, 4) is 0 Å². The molecular weight excluding hydrogens is 330 g/mol. The molecule has 0 aromatic carbocycles. The summed E-state index contributed by atoms with van der Waals surface area (Å²) in [5.41, 5.74) is 1.87. The first-order chi connectivity index (χ1) is 10.2. The number of amides is 1. The summed E-state index contributed by atoms with van der Waals surface area (Å²) in [6.45, 7) is 0.825. The van der Waals surface area contributed by atoms with E-state index in [1.807, 2.05) is 36.5 Å². The van der Waals surface area contributed by atoms with Gasteiger partial charge in [0.1, 0.15) is 5.69 Å². The minimum atomic E-state index is 0.0915. The van der Waals surface area contributed by atoms with Gasteiger partial charge < -0.3 is 14.5 Å². The third-order valence-corrected chi connectivity index (χ3v) is 4.68. The maximum Gasteiger partial charge on any atom is 0.270 e. The molecule has 5 heteroatoms. The van der Waals surface area contributed by atoms with Crippen LogP contribution < -0.4 is 0 Å². The lowest BCUT2D eigenvalue weighted by Gasteiger charge is -2.30. The third kappa shape index (κ3) is 2.93. The van der Waals surface area contributed by atoms with Gasteiger partial charge in [0.15, 0.2) is 0 Å². The van der Waals surface area contributed by atoms with Crippen molar-refractivity contribution >= 4 is 21.8 Å². The number of aromatic nitrogens is 2. The van der Waals surface area contributed by atoms with Crippen molar-refractivity contribution in [2.75, 3.05) is 6.54 Å². The molecule has 1 amide bonds. The van der Waals surface area contributed by atoms with Crippen LogP contribution >= 0.6 is 15.9 Å². The van der Waals surface area contributed by atoms with E-state index in [1.54, 1.807) is 0 Å². The first kappa shape index (κ1) is 14.4. The molecule has 4 nitrogen and oxygen atoms in total. The van der Waals surface area contributed by atoms with Crippen molar-refractivity contribution in [2.45, 2.75) is 31.7 Å². The Labute approximate surface area is 133 Å². The lowest BCUT2D eigenvalue weighted by Crippen LogP contribution is -2.35. The second-order valence-corrected chi connectivity index (χ2v) is 6.55. The SMILES string of the molecule is Cn1cccc1C1CCCCCN1C(=O)c1cc(Br)c[nH]1. The number of aryl methyl sites for hydroxylation is 1. The van der Waals surface area contributed by atoms with Crippen molar-refractivity contribution in [1.29, 1.82) is 0 Å². The molecule has 0 saturated carbocycles. The minimum absolute atomic E-state index is 0.0915. The van der Waals surface area contributed by atoms with E-state index in [2.05, 4.69) is 31.5 Å². The maximum atomic E-state index is 12.8. The van der Waals surface area contributed by atoms with Crippen molar-refractivity contribution in [1.82, 2.24) is 14.5 Å². The summed E-state index contributed by atoms with van der Waals surface area (Å²) in [5.74, 6) is 0.0915. The molecule has 1 aliphatic heterocycles. The summed E-state index contributed by atoms with van der Waals surface area (Å²) < 4.78 is 3.04. The van der Waals surface area contributed by atoms with E-state index in [4.69, 9.17) is 0 Å². The number of hydrogen-bond acceptors (Lipinski definition) is 1. The standard InChI is InChI=1S/C16H20BrN3O/c1-19-8-5-7-14(19)15-6-3-2-4-9-20(15)16(21)13-10-12(17)11-18-13/h5,7-8,10-11,15,18H,2-4,6,9H2,1H3. The predicted molar refractivity (Wildman–Crippen MR) is 86.2 cm³/mol. The number of likely N-dealkylation sites (tertiary alicyclic amines) is 1. The summed E-state index contributed by atoms with van der Waals surface area (Å²) in [6, 6.07) is 6.20. The van der Waals surface area contributed by atoms with Gasteiger partial charge in [-0.2, -0.15) is 0 Å². The van der Waals surface area contributed by atoms with E-state index in [0.717, 1.165) is 23.9 Å². The molecule has 1 N–H and O–H groups in total. The van der Waals surface area contributed by atoms with Crippen molar-refractivity contribution in [2.24, 2.45) is 7.05 Å². The molecule has 0 spiro atoms. The highest BCUT2D eigenvalue weighted by molar-refractivity contribution is 9.10. The van der Waals surface area contributed by atoms with E-state index in [-0.39, 0.29) is 11.9 Å². The molecule has 0 bridgehead atoms. The monoisotopic (exact) mass is 349 g/mol.